The van der Waals surface area contributed by atoms with Crippen molar-refractivity contribution in [2.45, 2.75) is 44.7 Å². The molecule has 1 fully saturated rings. The van der Waals surface area contributed by atoms with Crippen molar-refractivity contribution in [1.29, 1.82) is 0 Å². The lowest BCUT2D eigenvalue weighted by Crippen LogP contribution is -2.51. The summed E-state index contributed by atoms with van der Waals surface area (Å²) >= 11 is 0. The minimum atomic E-state index is -0.831. The second-order valence-electron chi connectivity index (χ2n) is 3.94. The van der Waals surface area contributed by atoms with E-state index in [1.165, 1.54) is 0 Å². The zero-order valence-electron chi connectivity index (χ0n) is 8.05. The molecule has 78 valence electrons. The molecule has 3 unspecified atom stereocenters. The zero-order valence-corrected chi connectivity index (χ0v) is 8.05. The van der Waals surface area contributed by atoms with Crippen molar-refractivity contribution >= 4 is 0 Å². The second-order valence-corrected chi connectivity index (χ2v) is 3.94. The van der Waals surface area contributed by atoms with Crippen molar-refractivity contribution in [3.8, 4) is 0 Å². The third-order valence-electron chi connectivity index (χ3n) is 2.45. The molecule has 0 saturated carbocycles. The van der Waals surface area contributed by atoms with Crippen LogP contribution in [-0.2, 0) is 4.74 Å². The fourth-order valence-corrected chi connectivity index (χ4v) is 1.66. The molecule has 1 aliphatic rings. The average Bonchev–Trinajstić information content (AvgIpc) is 2.09. The molecule has 0 amide bonds. The van der Waals surface area contributed by atoms with Crippen molar-refractivity contribution < 1.29 is 20.1 Å². The molecule has 4 atom stereocenters. The lowest BCUT2D eigenvalue weighted by molar-refractivity contribution is -0.189. The van der Waals surface area contributed by atoms with Gasteiger partial charge >= 0.3 is 0 Å². The molecule has 1 saturated heterocycles. The van der Waals surface area contributed by atoms with Gasteiger partial charge in [0.05, 0.1) is 24.9 Å². The van der Waals surface area contributed by atoms with E-state index in [2.05, 4.69) is 0 Å². The maximum absolute atomic E-state index is 9.56. The Morgan fingerprint density at radius 3 is 2.46 bits per heavy atom. The Morgan fingerprint density at radius 2 is 2.00 bits per heavy atom. The van der Waals surface area contributed by atoms with Gasteiger partial charge < -0.3 is 20.1 Å². The van der Waals surface area contributed by atoms with E-state index < -0.39 is 12.2 Å². The van der Waals surface area contributed by atoms with E-state index in [1.807, 2.05) is 13.8 Å². The van der Waals surface area contributed by atoms with Crippen LogP contribution >= 0.6 is 0 Å². The first-order chi connectivity index (χ1) is 6.06. The number of ether oxygens (including phenoxy) is 1. The normalized spacial score (nSPS) is 41.1. The number of rotatable bonds is 2. The summed E-state index contributed by atoms with van der Waals surface area (Å²) in [5.41, 5.74) is 0. The lowest BCUT2D eigenvalue weighted by atomic mass is 9.91. The topological polar surface area (TPSA) is 69.9 Å². The number of aliphatic hydroxyl groups is 3. The Balaban J connectivity index is 2.60. The summed E-state index contributed by atoms with van der Waals surface area (Å²) in [6.07, 6.45) is -2.02. The smallest absolute Gasteiger partial charge is 0.106 e. The van der Waals surface area contributed by atoms with Gasteiger partial charge in [0, 0.05) is 6.42 Å². The molecule has 0 aromatic heterocycles. The van der Waals surface area contributed by atoms with Crippen LogP contribution in [0.25, 0.3) is 0 Å². The van der Waals surface area contributed by atoms with Crippen LogP contribution in [0, 0.1) is 5.92 Å². The predicted octanol–water partition coefficient (Wildman–Crippen LogP) is -0.486. The van der Waals surface area contributed by atoms with Gasteiger partial charge in [-0.15, -0.1) is 0 Å². The largest absolute Gasteiger partial charge is 0.394 e. The van der Waals surface area contributed by atoms with Crippen LogP contribution in [0.15, 0.2) is 0 Å². The van der Waals surface area contributed by atoms with Crippen molar-refractivity contribution in [3.05, 3.63) is 0 Å². The predicted molar refractivity (Wildman–Crippen MR) is 47.2 cm³/mol. The van der Waals surface area contributed by atoms with Gasteiger partial charge in [0.2, 0.25) is 0 Å². The maximum atomic E-state index is 9.56. The Bertz CT molecular complexity index is 160. The van der Waals surface area contributed by atoms with Gasteiger partial charge in [-0.05, 0) is 5.92 Å². The zero-order chi connectivity index (χ0) is 10.0. The third-order valence-corrected chi connectivity index (χ3v) is 2.45. The first-order valence-corrected chi connectivity index (χ1v) is 4.68. The third kappa shape index (κ3) is 2.40. The molecule has 3 N–H and O–H groups in total. The lowest BCUT2D eigenvalue weighted by Gasteiger charge is -2.38. The molecule has 0 aliphatic carbocycles. The molecule has 1 heterocycles. The Morgan fingerprint density at radius 1 is 1.38 bits per heavy atom. The molecule has 13 heavy (non-hydrogen) atoms. The fourth-order valence-electron chi connectivity index (χ4n) is 1.66. The number of hydrogen-bond donors (Lipinski definition) is 3. The van der Waals surface area contributed by atoms with Crippen molar-refractivity contribution in [1.82, 2.24) is 0 Å². The van der Waals surface area contributed by atoms with Gasteiger partial charge in [-0.25, -0.2) is 0 Å². The van der Waals surface area contributed by atoms with Gasteiger partial charge in [-0.3, -0.25) is 0 Å². The molecular formula is C9H18O4. The van der Waals surface area contributed by atoms with Crippen LogP contribution in [-0.4, -0.2) is 46.3 Å². The molecule has 1 rings (SSSR count). The van der Waals surface area contributed by atoms with Gasteiger partial charge in [0.15, 0.2) is 0 Å². The van der Waals surface area contributed by atoms with E-state index in [0.29, 0.717) is 6.42 Å². The molecule has 0 bridgehead atoms. The summed E-state index contributed by atoms with van der Waals surface area (Å²) < 4.78 is 5.42. The molecule has 0 spiro atoms. The quantitative estimate of drug-likeness (QED) is 0.550. The van der Waals surface area contributed by atoms with E-state index in [0.717, 1.165) is 0 Å². The van der Waals surface area contributed by atoms with E-state index >= 15 is 0 Å². The van der Waals surface area contributed by atoms with Crippen LogP contribution in [0.4, 0.5) is 0 Å². The molecule has 4 nitrogen and oxygen atoms in total. The standard InChI is InChI=1S/C9H18O4/c1-5(2)9-8(12)7(11)3-6(4-10)13-9/h5-12H,3-4H2,1-2H3/t6?,7?,8-,9?/m1/s1. The molecule has 0 aromatic rings. The Hall–Kier alpha value is -0.160. The minimum absolute atomic E-state index is 0.104. The average molecular weight is 190 g/mol. The molecule has 0 radical (unpaired) electrons. The highest BCUT2D eigenvalue weighted by molar-refractivity contribution is 4.86. The molecular weight excluding hydrogens is 172 g/mol. The summed E-state index contributed by atoms with van der Waals surface area (Å²) in [5.74, 6) is 0.138. The van der Waals surface area contributed by atoms with Crippen molar-refractivity contribution in [3.63, 3.8) is 0 Å². The Labute approximate surface area is 78.1 Å². The van der Waals surface area contributed by atoms with Crippen LogP contribution in [0.2, 0.25) is 0 Å². The van der Waals surface area contributed by atoms with Gasteiger partial charge in [-0.1, -0.05) is 13.8 Å². The number of aliphatic hydroxyl groups excluding tert-OH is 3. The highest BCUT2D eigenvalue weighted by Crippen LogP contribution is 2.24. The van der Waals surface area contributed by atoms with Crippen LogP contribution in [0.1, 0.15) is 20.3 Å². The number of hydrogen-bond acceptors (Lipinski definition) is 4. The van der Waals surface area contributed by atoms with Crippen LogP contribution < -0.4 is 0 Å². The summed E-state index contributed by atoms with van der Waals surface area (Å²) in [7, 11) is 0. The highest BCUT2D eigenvalue weighted by atomic mass is 16.5. The van der Waals surface area contributed by atoms with Crippen molar-refractivity contribution in [2.75, 3.05) is 6.61 Å². The van der Waals surface area contributed by atoms with Gasteiger partial charge in [-0.2, -0.15) is 0 Å². The van der Waals surface area contributed by atoms with E-state index in [4.69, 9.17) is 9.84 Å². The molecule has 1 aliphatic heterocycles. The SMILES string of the molecule is CC(C)C1OC(CO)CC(O)[C@H]1O. The van der Waals surface area contributed by atoms with Crippen molar-refractivity contribution in [2.24, 2.45) is 5.92 Å². The second kappa shape index (κ2) is 4.37. The molecule has 0 aromatic carbocycles. The summed E-state index contributed by atoms with van der Waals surface area (Å²) in [6, 6.07) is 0. The van der Waals surface area contributed by atoms with Crippen LogP contribution in [0.5, 0.6) is 0 Å². The van der Waals surface area contributed by atoms with Gasteiger partial charge in [0.25, 0.3) is 0 Å². The highest BCUT2D eigenvalue weighted by Gasteiger charge is 2.37. The summed E-state index contributed by atoms with van der Waals surface area (Å²) in [6.45, 7) is 3.73. The maximum Gasteiger partial charge on any atom is 0.106 e. The monoisotopic (exact) mass is 190 g/mol. The first kappa shape index (κ1) is 10.9. The van der Waals surface area contributed by atoms with Crippen LogP contribution in [0.3, 0.4) is 0 Å². The summed E-state index contributed by atoms with van der Waals surface area (Å²) in [4.78, 5) is 0. The van der Waals surface area contributed by atoms with E-state index in [1.54, 1.807) is 0 Å². The fraction of sp³-hybridized carbons (Fsp3) is 1.00. The van der Waals surface area contributed by atoms with E-state index in [9.17, 15) is 10.2 Å². The van der Waals surface area contributed by atoms with E-state index in [-0.39, 0.29) is 24.7 Å². The molecule has 4 heteroatoms. The minimum Gasteiger partial charge on any atom is -0.394 e. The summed E-state index contributed by atoms with van der Waals surface area (Å²) in [5, 5.41) is 27.9. The first-order valence-electron chi connectivity index (χ1n) is 4.68. The van der Waals surface area contributed by atoms with Gasteiger partial charge in [0.1, 0.15) is 6.10 Å². The Kier molecular flexibility index (Phi) is 3.67.